The maximum Gasteiger partial charge on any atom is 0.315 e. The Balaban J connectivity index is 2.17. The Hall–Kier alpha value is -2.40. The van der Waals surface area contributed by atoms with E-state index in [0.717, 1.165) is 12.0 Å². The number of rotatable bonds is 7. The highest BCUT2D eigenvalue weighted by Crippen LogP contribution is 2.38. The van der Waals surface area contributed by atoms with Crippen LogP contribution in [-0.2, 0) is 17.6 Å². The van der Waals surface area contributed by atoms with E-state index in [-0.39, 0.29) is 6.42 Å². The third-order valence-corrected chi connectivity index (χ3v) is 4.07. The Morgan fingerprint density at radius 2 is 1.64 bits per heavy atom. The van der Waals surface area contributed by atoms with Crippen LogP contribution in [0.25, 0.3) is 0 Å². The van der Waals surface area contributed by atoms with Crippen molar-refractivity contribution in [2.75, 3.05) is 21.3 Å². The summed E-state index contributed by atoms with van der Waals surface area (Å²) in [6, 6.07) is 8.62. The lowest BCUT2D eigenvalue weighted by Gasteiger charge is -2.14. The Bertz CT molecular complexity index is 732. The molecule has 2 rings (SSSR count). The number of ether oxygens (including phenoxy) is 4. The summed E-state index contributed by atoms with van der Waals surface area (Å²) < 4.78 is 21.3. The molecule has 0 N–H and O–H groups in total. The van der Waals surface area contributed by atoms with E-state index in [9.17, 15) is 4.79 Å². The molecule has 0 fully saturated rings. The smallest absolute Gasteiger partial charge is 0.315 e. The van der Waals surface area contributed by atoms with E-state index < -0.39 is 5.97 Å². The van der Waals surface area contributed by atoms with Crippen LogP contribution in [0.1, 0.15) is 18.1 Å². The van der Waals surface area contributed by atoms with Gasteiger partial charge in [-0.1, -0.05) is 18.5 Å². The van der Waals surface area contributed by atoms with Crippen molar-refractivity contribution in [2.24, 2.45) is 0 Å². The minimum Gasteiger partial charge on any atom is -0.493 e. The quantitative estimate of drug-likeness (QED) is 0.547. The molecule has 0 heterocycles. The molecule has 2 aromatic rings. The number of esters is 1. The molecule has 0 aromatic heterocycles. The largest absolute Gasteiger partial charge is 0.493 e. The van der Waals surface area contributed by atoms with Crippen LogP contribution in [-0.4, -0.2) is 27.3 Å². The average molecular weight is 365 g/mol. The van der Waals surface area contributed by atoms with Crippen LogP contribution in [0.5, 0.6) is 23.0 Å². The van der Waals surface area contributed by atoms with Gasteiger partial charge in [-0.25, -0.2) is 0 Å². The number of carbonyl (C=O) groups is 1. The van der Waals surface area contributed by atoms with Gasteiger partial charge in [0.05, 0.1) is 27.8 Å². The van der Waals surface area contributed by atoms with Gasteiger partial charge in [0.1, 0.15) is 5.75 Å². The second-order valence-electron chi connectivity index (χ2n) is 5.29. The second-order valence-corrected chi connectivity index (χ2v) is 5.70. The lowest BCUT2D eigenvalue weighted by molar-refractivity contribution is -0.133. The Morgan fingerprint density at radius 1 is 1.00 bits per heavy atom. The minimum atomic E-state index is -0.390. The van der Waals surface area contributed by atoms with Gasteiger partial charge in [-0.05, 0) is 47.9 Å². The van der Waals surface area contributed by atoms with E-state index in [1.54, 1.807) is 30.3 Å². The monoisotopic (exact) mass is 364 g/mol. The van der Waals surface area contributed by atoms with Crippen LogP contribution in [0.15, 0.2) is 30.3 Å². The number of aryl methyl sites for hydroxylation is 1. The maximum absolute atomic E-state index is 12.3. The molecule has 0 unspecified atom stereocenters. The van der Waals surface area contributed by atoms with Crippen molar-refractivity contribution in [2.45, 2.75) is 19.8 Å². The molecule has 0 atom stereocenters. The van der Waals surface area contributed by atoms with Gasteiger partial charge in [-0.15, -0.1) is 0 Å². The molecule has 2 aromatic carbocycles. The highest BCUT2D eigenvalue weighted by Gasteiger charge is 2.16. The van der Waals surface area contributed by atoms with Gasteiger partial charge >= 0.3 is 5.97 Å². The first-order valence-electron chi connectivity index (χ1n) is 7.80. The standard InChI is InChI=1S/C19H21ClO5/c1-5-13-11-14(6-7-15(13)20)25-18(21)10-12-8-16(22-2)19(24-4)17(9-12)23-3/h6-9,11H,5,10H2,1-4H3. The van der Waals surface area contributed by atoms with E-state index >= 15 is 0 Å². The zero-order chi connectivity index (χ0) is 18.4. The van der Waals surface area contributed by atoms with Crippen LogP contribution in [0.3, 0.4) is 0 Å². The van der Waals surface area contributed by atoms with Gasteiger partial charge in [0.25, 0.3) is 0 Å². The van der Waals surface area contributed by atoms with E-state index in [2.05, 4.69) is 0 Å². The Morgan fingerprint density at radius 3 is 2.16 bits per heavy atom. The molecule has 0 amide bonds. The number of hydrogen-bond acceptors (Lipinski definition) is 5. The summed E-state index contributed by atoms with van der Waals surface area (Å²) in [5.41, 5.74) is 1.63. The molecular formula is C19H21ClO5. The van der Waals surface area contributed by atoms with Crippen LogP contribution >= 0.6 is 11.6 Å². The average Bonchev–Trinajstić information content (AvgIpc) is 2.62. The first kappa shape index (κ1) is 18.9. The van der Waals surface area contributed by atoms with Gasteiger partial charge in [0, 0.05) is 5.02 Å². The lowest BCUT2D eigenvalue weighted by Crippen LogP contribution is -2.12. The third kappa shape index (κ3) is 4.57. The van der Waals surface area contributed by atoms with Crippen LogP contribution < -0.4 is 18.9 Å². The molecule has 0 bridgehead atoms. The van der Waals surface area contributed by atoms with Crippen molar-refractivity contribution >= 4 is 17.6 Å². The summed E-state index contributed by atoms with van der Waals surface area (Å²) in [4.78, 5) is 12.3. The van der Waals surface area contributed by atoms with Crippen LogP contribution in [0, 0.1) is 0 Å². The Kier molecular flexibility index (Phi) is 6.53. The first-order valence-corrected chi connectivity index (χ1v) is 8.18. The summed E-state index contributed by atoms with van der Waals surface area (Å²) in [5, 5.41) is 0.659. The number of carbonyl (C=O) groups excluding carboxylic acids is 1. The molecule has 0 saturated heterocycles. The van der Waals surface area contributed by atoms with E-state index in [4.69, 9.17) is 30.5 Å². The highest BCUT2D eigenvalue weighted by atomic mass is 35.5. The van der Waals surface area contributed by atoms with Crippen LogP contribution in [0.4, 0.5) is 0 Å². The fourth-order valence-electron chi connectivity index (χ4n) is 2.46. The molecule has 6 heteroatoms. The van der Waals surface area contributed by atoms with Gasteiger partial charge in [-0.2, -0.15) is 0 Å². The predicted molar refractivity (Wildman–Crippen MR) is 96.3 cm³/mol. The molecule has 5 nitrogen and oxygen atoms in total. The zero-order valence-corrected chi connectivity index (χ0v) is 15.5. The molecule has 25 heavy (non-hydrogen) atoms. The van der Waals surface area contributed by atoms with Crippen molar-refractivity contribution < 1.29 is 23.7 Å². The van der Waals surface area contributed by atoms with Crippen molar-refractivity contribution in [3.05, 3.63) is 46.5 Å². The molecule has 0 aliphatic heterocycles. The number of halogens is 1. The molecule has 0 spiro atoms. The fourth-order valence-corrected chi connectivity index (χ4v) is 2.71. The van der Waals surface area contributed by atoms with Crippen molar-refractivity contribution in [1.29, 1.82) is 0 Å². The minimum absolute atomic E-state index is 0.0702. The van der Waals surface area contributed by atoms with E-state index in [1.165, 1.54) is 21.3 Å². The molecule has 0 radical (unpaired) electrons. The SMILES string of the molecule is CCc1cc(OC(=O)Cc2cc(OC)c(OC)c(OC)c2)ccc1Cl. The van der Waals surface area contributed by atoms with Gasteiger partial charge in [0.15, 0.2) is 11.5 Å². The highest BCUT2D eigenvalue weighted by molar-refractivity contribution is 6.31. The predicted octanol–water partition coefficient (Wildman–Crippen LogP) is 4.08. The fraction of sp³-hybridized carbons (Fsp3) is 0.316. The summed E-state index contributed by atoms with van der Waals surface area (Å²) in [7, 11) is 4.58. The third-order valence-electron chi connectivity index (χ3n) is 3.70. The van der Waals surface area contributed by atoms with Gasteiger partial charge in [0.2, 0.25) is 5.75 Å². The summed E-state index contributed by atoms with van der Waals surface area (Å²) in [6.45, 7) is 1.99. The van der Waals surface area contributed by atoms with E-state index in [1.807, 2.05) is 6.92 Å². The summed E-state index contributed by atoms with van der Waals surface area (Å²) in [6.07, 6.45) is 0.831. The number of hydrogen-bond donors (Lipinski definition) is 0. The number of benzene rings is 2. The maximum atomic E-state index is 12.3. The van der Waals surface area contributed by atoms with Gasteiger partial charge < -0.3 is 18.9 Å². The summed E-state index contributed by atoms with van der Waals surface area (Å²) >= 11 is 6.08. The van der Waals surface area contributed by atoms with Crippen LogP contribution in [0.2, 0.25) is 5.02 Å². The van der Waals surface area contributed by atoms with Crippen molar-refractivity contribution in [1.82, 2.24) is 0 Å². The van der Waals surface area contributed by atoms with Crippen molar-refractivity contribution in [3.8, 4) is 23.0 Å². The first-order chi connectivity index (χ1) is 12.0. The normalized spacial score (nSPS) is 10.3. The Labute approximate surface area is 152 Å². The second kappa shape index (κ2) is 8.62. The zero-order valence-electron chi connectivity index (χ0n) is 14.7. The lowest BCUT2D eigenvalue weighted by atomic mass is 10.1. The molecule has 0 aliphatic carbocycles. The molecular weight excluding hydrogens is 344 g/mol. The number of methoxy groups -OCH3 is 3. The summed E-state index contributed by atoms with van der Waals surface area (Å²) in [5.74, 6) is 1.54. The molecule has 0 saturated carbocycles. The topological polar surface area (TPSA) is 54.0 Å². The van der Waals surface area contributed by atoms with Crippen molar-refractivity contribution in [3.63, 3.8) is 0 Å². The molecule has 134 valence electrons. The van der Waals surface area contributed by atoms with E-state index in [0.29, 0.717) is 33.6 Å². The van der Waals surface area contributed by atoms with Gasteiger partial charge in [-0.3, -0.25) is 4.79 Å². The molecule has 0 aliphatic rings.